The molecule has 1 aromatic rings. The summed E-state index contributed by atoms with van der Waals surface area (Å²) in [6.45, 7) is 4.38. The van der Waals surface area contributed by atoms with Gasteiger partial charge in [-0.25, -0.2) is 0 Å². The Bertz CT molecular complexity index is 407. The number of aliphatic hydroxyl groups is 2. The zero-order valence-electron chi connectivity index (χ0n) is 12.2. The fraction of sp³-hybridized carbons (Fsp3) is 0.625. The number of hydrogen-bond acceptors (Lipinski definition) is 4. The van der Waals surface area contributed by atoms with Gasteiger partial charge < -0.3 is 20.3 Å². The van der Waals surface area contributed by atoms with Gasteiger partial charge in [0, 0.05) is 12.5 Å². The summed E-state index contributed by atoms with van der Waals surface area (Å²) in [6, 6.07) is 9.82. The normalized spacial score (nSPS) is 34.1. The van der Waals surface area contributed by atoms with Crippen LogP contribution in [0.25, 0.3) is 0 Å². The van der Waals surface area contributed by atoms with Gasteiger partial charge in [0.2, 0.25) is 0 Å². The Balaban J connectivity index is 1.99. The fourth-order valence-electron chi connectivity index (χ4n) is 2.92. The summed E-state index contributed by atoms with van der Waals surface area (Å²) in [7, 11) is 0. The van der Waals surface area contributed by atoms with E-state index in [-0.39, 0.29) is 24.8 Å². The molecule has 1 heterocycles. The Morgan fingerprint density at radius 1 is 1.35 bits per heavy atom. The molecule has 4 atom stereocenters. The van der Waals surface area contributed by atoms with E-state index in [4.69, 9.17) is 4.74 Å². The van der Waals surface area contributed by atoms with Gasteiger partial charge in [0.1, 0.15) is 0 Å². The molecule has 0 bridgehead atoms. The number of benzene rings is 1. The third kappa shape index (κ3) is 3.58. The molecule has 1 fully saturated rings. The van der Waals surface area contributed by atoms with Crippen LogP contribution >= 0.6 is 0 Å². The van der Waals surface area contributed by atoms with Crippen molar-refractivity contribution >= 4 is 0 Å². The number of ether oxygens (including phenoxy) is 1. The van der Waals surface area contributed by atoms with Gasteiger partial charge in [-0.3, -0.25) is 0 Å². The van der Waals surface area contributed by atoms with Crippen molar-refractivity contribution < 1.29 is 14.9 Å². The standard InChI is InChI=1S/C16H25NO3/c1-3-15-16(2,19)9-14(13(10-18)17-15)20-11-12-7-5-4-6-8-12/h4-8,13-15,17-19H,3,9-11H2,1-2H3/t13-,14+,15-,16+/m1/s1. The monoisotopic (exact) mass is 279 g/mol. The molecule has 1 aliphatic heterocycles. The van der Waals surface area contributed by atoms with Crippen LogP contribution in [-0.2, 0) is 11.3 Å². The summed E-state index contributed by atoms with van der Waals surface area (Å²) < 4.78 is 5.92. The van der Waals surface area contributed by atoms with Gasteiger partial charge >= 0.3 is 0 Å². The van der Waals surface area contributed by atoms with Crippen molar-refractivity contribution in [1.29, 1.82) is 0 Å². The van der Waals surface area contributed by atoms with Crippen LogP contribution in [-0.4, -0.2) is 40.6 Å². The van der Waals surface area contributed by atoms with Crippen molar-refractivity contribution in [1.82, 2.24) is 5.32 Å². The number of rotatable bonds is 5. The highest BCUT2D eigenvalue weighted by Gasteiger charge is 2.42. The SMILES string of the molecule is CC[C@H]1N[C@H](CO)[C@@H](OCc2ccccc2)C[C@]1(C)O. The van der Waals surface area contributed by atoms with E-state index in [9.17, 15) is 10.2 Å². The predicted octanol–water partition coefficient (Wildman–Crippen LogP) is 1.46. The Morgan fingerprint density at radius 3 is 2.65 bits per heavy atom. The molecule has 0 radical (unpaired) electrons. The molecule has 4 nitrogen and oxygen atoms in total. The lowest BCUT2D eigenvalue weighted by Gasteiger charge is -2.45. The van der Waals surface area contributed by atoms with Gasteiger partial charge in [0.05, 0.1) is 31.0 Å². The summed E-state index contributed by atoms with van der Waals surface area (Å²) in [5.74, 6) is 0. The van der Waals surface area contributed by atoms with Gasteiger partial charge in [-0.2, -0.15) is 0 Å². The third-order valence-corrected chi connectivity index (χ3v) is 4.14. The molecule has 0 spiro atoms. The maximum atomic E-state index is 10.5. The average molecular weight is 279 g/mol. The molecule has 1 aromatic carbocycles. The first kappa shape index (κ1) is 15.4. The molecule has 0 aromatic heterocycles. The highest BCUT2D eigenvalue weighted by molar-refractivity contribution is 5.13. The van der Waals surface area contributed by atoms with Crippen molar-refractivity contribution in [2.75, 3.05) is 6.61 Å². The summed E-state index contributed by atoms with van der Waals surface area (Å²) in [6.07, 6.45) is 1.18. The Kier molecular flexibility index (Phi) is 5.16. The molecule has 112 valence electrons. The molecule has 0 amide bonds. The Hall–Kier alpha value is -0.940. The van der Waals surface area contributed by atoms with Crippen molar-refractivity contribution in [2.24, 2.45) is 0 Å². The smallest absolute Gasteiger partial charge is 0.0797 e. The molecule has 20 heavy (non-hydrogen) atoms. The molecule has 1 aliphatic rings. The molecule has 0 aliphatic carbocycles. The van der Waals surface area contributed by atoms with Crippen LogP contribution < -0.4 is 5.32 Å². The molecular weight excluding hydrogens is 254 g/mol. The van der Waals surface area contributed by atoms with Crippen molar-refractivity contribution in [3.05, 3.63) is 35.9 Å². The lowest BCUT2D eigenvalue weighted by molar-refractivity contribution is -0.108. The molecule has 4 heteroatoms. The minimum Gasteiger partial charge on any atom is -0.395 e. The van der Waals surface area contributed by atoms with E-state index in [2.05, 4.69) is 5.32 Å². The maximum absolute atomic E-state index is 10.5. The zero-order valence-corrected chi connectivity index (χ0v) is 12.2. The first-order valence-electron chi connectivity index (χ1n) is 7.31. The number of hydrogen-bond donors (Lipinski definition) is 3. The Morgan fingerprint density at radius 2 is 2.05 bits per heavy atom. The van der Waals surface area contributed by atoms with E-state index in [1.54, 1.807) is 0 Å². The minimum atomic E-state index is -0.804. The van der Waals surface area contributed by atoms with Crippen LogP contribution in [0.15, 0.2) is 30.3 Å². The lowest BCUT2D eigenvalue weighted by Crippen LogP contribution is -2.63. The quantitative estimate of drug-likeness (QED) is 0.763. The van der Waals surface area contributed by atoms with E-state index < -0.39 is 5.60 Å². The first-order chi connectivity index (χ1) is 9.56. The molecule has 2 rings (SSSR count). The van der Waals surface area contributed by atoms with Gasteiger partial charge in [-0.15, -0.1) is 0 Å². The lowest BCUT2D eigenvalue weighted by atomic mass is 9.81. The topological polar surface area (TPSA) is 61.7 Å². The van der Waals surface area contributed by atoms with Crippen molar-refractivity contribution in [3.8, 4) is 0 Å². The fourth-order valence-corrected chi connectivity index (χ4v) is 2.92. The van der Waals surface area contributed by atoms with Gasteiger partial charge in [0.25, 0.3) is 0 Å². The molecule has 0 saturated carbocycles. The molecule has 3 N–H and O–H groups in total. The van der Waals surface area contributed by atoms with E-state index in [1.165, 1.54) is 0 Å². The second kappa shape index (κ2) is 6.68. The summed E-state index contributed by atoms with van der Waals surface area (Å²) in [5, 5.41) is 23.3. The zero-order chi connectivity index (χ0) is 14.6. The van der Waals surface area contributed by atoms with Crippen LogP contribution in [0.1, 0.15) is 32.3 Å². The van der Waals surface area contributed by atoms with Crippen LogP contribution in [0.5, 0.6) is 0 Å². The van der Waals surface area contributed by atoms with Crippen molar-refractivity contribution in [3.63, 3.8) is 0 Å². The summed E-state index contributed by atoms with van der Waals surface area (Å²) >= 11 is 0. The third-order valence-electron chi connectivity index (χ3n) is 4.14. The van der Waals surface area contributed by atoms with Crippen LogP contribution in [0, 0.1) is 0 Å². The predicted molar refractivity (Wildman–Crippen MR) is 78.3 cm³/mol. The second-order valence-electron chi connectivity index (χ2n) is 5.81. The Labute approximate surface area is 120 Å². The van der Waals surface area contributed by atoms with Crippen LogP contribution in [0.3, 0.4) is 0 Å². The second-order valence-corrected chi connectivity index (χ2v) is 5.81. The van der Waals surface area contributed by atoms with Crippen molar-refractivity contribution in [2.45, 2.75) is 57.1 Å². The maximum Gasteiger partial charge on any atom is 0.0797 e. The minimum absolute atomic E-state index is 0.00350. The van der Waals surface area contributed by atoms with Crippen LogP contribution in [0.4, 0.5) is 0 Å². The van der Waals surface area contributed by atoms with E-state index in [1.807, 2.05) is 44.2 Å². The number of piperidine rings is 1. The molecule has 0 unspecified atom stereocenters. The highest BCUT2D eigenvalue weighted by atomic mass is 16.5. The van der Waals surface area contributed by atoms with Gasteiger partial charge in [-0.05, 0) is 18.9 Å². The van der Waals surface area contributed by atoms with E-state index in [0.29, 0.717) is 13.0 Å². The van der Waals surface area contributed by atoms with E-state index >= 15 is 0 Å². The summed E-state index contributed by atoms with van der Waals surface area (Å²) in [5.41, 5.74) is 0.295. The summed E-state index contributed by atoms with van der Waals surface area (Å²) in [4.78, 5) is 0. The van der Waals surface area contributed by atoms with Crippen LogP contribution in [0.2, 0.25) is 0 Å². The van der Waals surface area contributed by atoms with Gasteiger partial charge in [-0.1, -0.05) is 37.3 Å². The number of aliphatic hydroxyl groups excluding tert-OH is 1. The van der Waals surface area contributed by atoms with Gasteiger partial charge in [0.15, 0.2) is 0 Å². The van der Waals surface area contributed by atoms with E-state index in [0.717, 1.165) is 12.0 Å². The highest BCUT2D eigenvalue weighted by Crippen LogP contribution is 2.28. The number of nitrogens with one attached hydrogen (secondary N) is 1. The first-order valence-corrected chi connectivity index (χ1v) is 7.31. The molecular formula is C16H25NO3. The largest absolute Gasteiger partial charge is 0.395 e. The average Bonchev–Trinajstić information content (AvgIpc) is 2.45. The molecule has 1 saturated heterocycles.